The summed E-state index contributed by atoms with van der Waals surface area (Å²) in [4.78, 5) is 13.2. The van der Waals surface area contributed by atoms with Gasteiger partial charge in [0.1, 0.15) is 11.6 Å². The molecule has 2 aromatic rings. The van der Waals surface area contributed by atoms with Crippen LogP contribution in [0.15, 0.2) is 18.3 Å². The standard InChI is InChI=1S/C14H18N4/c1-5-15-14-10(3)13(17-11(4)18-14)12-6-7-16-9(2)8-12/h6-8H,5H2,1-4H3,(H,15,17,18). The maximum Gasteiger partial charge on any atom is 0.133 e. The van der Waals surface area contributed by atoms with Crippen LogP contribution in [0.4, 0.5) is 5.82 Å². The number of aromatic nitrogens is 3. The van der Waals surface area contributed by atoms with Crippen molar-refractivity contribution in [2.75, 3.05) is 11.9 Å². The van der Waals surface area contributed by atoms with Gasteiger partial charge in [0.05, 0.1) is 5.69 Å². The summed E-state index contributed by atoms with van der Waals surface area (Å²) < 4.78 is 0. The average molecular weight is 242 g/mol. The normalized spacial score (nSPS) is 10.4. The Bertz CT molecular complexity index is 564. The molecule has 0 spiro atoms. The number of nitrogens with zero attached hydrogens (tertiary/aromatic N) is 3. The maximum absolute atomic E-state index is 4.55. The van der Waals surface area contributed by atoms with E-state index in [0.29, 0.717) is 0 Å². The van der Waals surface area contributed by atoms with Gasteiger partial charge < -0.3 is 5.32 Å². The largest absolute Gasteiger partial charge is 0.370 e. The topological polar surface area (TPSA) is 50.7 Å². The highest BCUT2D eigenvalue weighted by Crippen LogP contribution is 2.25. The minimum atomic E-state index is 0.779. The molecule has 0 unspecified atom stereocenters. The molecule has 0 saturated heterocycles. The molecule has 0 aliphatic carbocycles. The number of nitrogens with one attached hydrogen (secondary N) is 1. The van der Waals surface area contributed by atoms with E-state index in [9.17, 15) is 0 Å². The van der Waals surface area contributed by atoms with Gasteiger partial charge in [0.2, 0.25) is 0 Å². The molecule has 0 bridgehead atoms. The van der Waals surface area contributed by atoms with Crippen LogP contribution in [0, 0.1) is 20.8 Å². The average Bonchev–Trinajstić information content (AvgIpc) is 2.33. The Morgan fingerprint density at radius 3 is 2.61 bits per heavy atom. The van der Waals surface area contributed by atoms with Gasteiger partial charge in [-0.05, 0) is 39.8 Å². The van der Waals surface area contributed by atoms with Crippen molar-refractivity contribution in [2.24, 2.45) is 0 Å². The van der Waals surface area contributed by atoms with Gasteiger partial charge in [-0.15, -0.1) is 0 Å². The third-order valence-electron chi connectivity index (χ3n) is 2.77. The Labute approximate surface area is 108 Å². The van der Waals surface area contributed by atoms with Crippen LogP contribution in [-0.2, 0) is 0 Å². The minimum Gasteiger partial charge on any atom is -0.370 e. The Balaban J connectivity index is 2.56. The summed E-state index contributed by atoms with van der Waals surface area (Å²) in [5.41, 5.74) is 4.13. The summed E-state index contributed by atoms with van der Waals surface area (Å²) in [5.74, 6) is 1.69. The van der Waals surface area contributed by atoms with Crippen LogP contribution in [-0.4, -0.2) is 21.5 Å². The third-order valence-corrected chi connectivity index (χ3v) is 2.77. The Hall–Kier alpha value is -1.97. The van der Waals surface area contributed by atoms with Gasteiger partial charge in [0.25, 0.3) is 0 Å². The molecule has 0 atom stereocenters. The molecule has 0 aliphatic heterocycles. The van der Waals surface area contributed by atoms with Gasteiger partial charge >= 0.3 is 0 Å². The fourth-order valence-corrected chi connectivity index (χ4v) is 1.94. The van der Waals surface area contributed by atoms with Gasteiger partial charge in [0.15, 0.2) is 0 Å². The number of hydrogen-bond acceptors (Lipinski definition) is 4. The highest BCUT2D eigenvalue weighted by molar-refractivity contribution is 5.68. The molecule has 4 nitrogen and oxygen atoms in total. The third kappa shape index (κ3) is 2.47. The molecule has 2 rings (SSSR count). The second kappa shape index (κ2) is 5.12. The van der Waals surface area contributed by atoms with Crippen LogP contribution in [0.25, 0.3) is 11.3 Å². The molecule has 0 aliphatic rings. The smallest absolute Gasteiger partial charge is 0.133 e. The fourth-order valence-electron chi connectivity index (χ4n) is 1.94. The molecule has 0 aromatic carbocycles. The summed E-state index contributed by atoms with van der Waals surface area (Å²) in [6, 6.07) is 4.03. The Morgan fingerprint density at radius 2 is 1.94 bits per heavy atom. The van der Waals surface area contributed by atoms with Crippen LogP contribution in [0.5, 0.6) is 0 Å². The van der Waals surface area contributed by atoms with E-state index in [4.69, 9.17) is 0 Å². The lowest BCUT2D eigenvalue weighted by Crippen LogP contribution is -2.06. The van der Waals surface area contributed by atoms with Gasteiger partial charge in [0, 0.05) is 29.6 Å². The molecule has 0 fully saturated rings. The van der Waals surface area contributed by atoms with Gasteiger partial charge in [-0.2, -0.15) is 0 Å². The molecule has 0 radical (unpaired) electrons. The van der Waals surface area contributed by atoms with Crippen molar-refractivity contribution in [2.45, 2.75) is 27.7 Å². The lowest BCUT2D eigenvalue weighted by molar-refractivity contribution is 1.02. The first-order valence-electron chi connectivity index (χ1n) is 6.14. The number of hydrogen-bond donors (Lipinski definition) is 1. The predicted molar refractivity (Wildman–Crippen MR) is 73.6 cm³/mol. The van der Waals surface area contributed by atoms with Crippen LogP contribution in [0.2, 0.25) is 0 Å². The molecular weight excluding hydrogens is 224 g/mol. The number of anilines is 1. The van der Waals surface area contributed by atoms with Crippen molar-refractivity contribution in [1.82, 2.24) is 15.0 Å². The maximum atomic E-state index is 4.55. The van der Waals surface area contributed by atoms with E-state index in [2.05, 4.69) is 27.2 Å². The van der Waals surface area contributed by atoms with Crippen molar-refractivity contribution in [3.8, 4) is 11.3 Å². The highest BCUT2D eigenvalue weighted by Gasteiger charge is 2.10. The second-order valence-electron chi connectivity index (χ2n) is 4.31. The van der Waals surface area contributed by atoms with E-state index in [1.54, 1.807) is 0 Å². The van der Waals surface area contributed by atoms with Crippen molar-refractivity contribution in [1.29, 1.82) is 0 Å². The predicted octanol–water partition coefficient (Wildman–Crippen LogP) is 2.90. The van der Waals surface area contributed by atoms with Crippen LogP contribution < -0.4 is 5.32 Å². The monoisotopic (exact) mass is 242 g/mol. The zero-order chi connectivity index (χ0) is 13.1. The second-order valence-corrected chi connectivity index (χ2v) is 4.31. The molecule has 4 heteroatoms. The molecule has 18 heavy (non-hydrogen) atoms. The fraction of sp³-hybridized carbons (Fsp3) is 0.357. The SMILES string of the molecule is CCNc1nc(C)nc(-c2ccnc(C)c2)c1C. The van der Waals surface area contributed by atoms with Crippen molar-refractivity contribution < 1.29 is 0 Å². The molecule has 2 heterocycles. The lowest BCUT2D eigenvalue weighted by Gasteiger charge is -2.12. The molecule has 0 saturated carbocycles. The van der Waals surface area contributed by atoms with Gasteiger partial charge in [-0.1, -0.05) is 0 Å². The summed E-state index contributed by atoms with van der Waals surface area (Å²) in [6.07, 6.45) is 1.81. The summed E-state index contributed by atoms with van der Waals surface area (Å²) in [7, 11) is 0. The minimum absolute atomic E-state index is 0.779. The zero-order valence-electron chi connectivity index (χ0n) is 11.3. The van der Waals surface area contributed by atoms with E-state index in [0.717, 1.165) is 40.7 Å². The summed E-state index contributed by atoms with van der Waals surface area (Å²) >= 11 is 0. The van der Waals surface area contributed by atoms with Gasteiger partial charge in [-0.3, -0.25) is 4.98 Å². The van der Waals surface area contributed by atoms with Crippen molar-refractivity contribution in [3.05, 3.63) is 35.4 Å². The first kappa shape index (κ1) is 12.5. The molecule has 0 amide bonds. The van der Waals surface area contributed by atoms with E-state index in [1.165, 1.54) is 0 Å². The van der Waals surface area contributed by atoms with E-state index < -0.39 is 0 Å². The number of rotatable bonds is 3. The zero-order valence-corrected chi connectivity index (χ0v) is 11.3. The van der Waals surface area contributed by atoms with E-state index >= 15 is 0 Å². The Kier molecular flexibility index (Phi) is 3.55. The van der Waals surface area contributed by atoms with Gasteiger partial charge in [-0.25, -0.2) is 9.97 Å². The first-order chi connectivity index (χ1) is 8.61. The molecule has 1 N–H and O–H groups in total. The van der Waals surface area contributed by atoms with Crippen LogP contribution in [0.1, 0.15) is 24.0 Å². The summed E-state index contributed by atoms with van der Waals surface area (Å²) in [6.45, 7) is 8.86. The van der Waals surface area contributed by atoms with E-state index in [-0.39, 0.29) is 0 Å². The molecule has 2 aromatic heterocycles. The van der Waals surface area contributed by atoms with Crippen LogP contribution >= 0.6 is 0 Å². The van der Waals surface area contributed by atoms with Crippen molar-refractivity contribution in [3.63, 3.8) is 0 Å². The Morgan fingerprint density at radius 1 is 1.17 bits per heavy atom. The quantitative estimate of drug-likeness (QED) is 0.899. The van der Waals surface area contributed by atoms with Crippen LogP contribution in [0.3, 0.4) is 0 Å². The number of pyridine rings is 1. The molecule has 94 valence electrons. The molecular formula is C14H18N4. The first-order valence-corrected chi connectivity index (χ1v) is 6.14. The van der Waals surface area contributed by atoms with E-state index in [1.807, 2.05) is 39.1 Å². The number of aryl methyl sites for hydroxylation is 2. The highest BCUT2D eigenvalue weighted by atomic mass is 15.0. The van der Waals surface area contributed by atoms with Crippen molar-refractivity contribution >= 4 is 5.82 Å². The summed E-state index contributed by atoms with van der Waals surface area (Å²) in [5, 5.41) is 3.27. The lowest BCUT2D eigenvalue weighted by atomic mass is 10.1.